The van der Waals surface area contributed by atoms with Gasteiger partial charge in [0.05, 0.1) is 0 Å². The number of benzene rings is 1. The molecule has 1 rings (SSSR count). The summed E-state index contributed by atoms with van der Waals surface area (Å²) in [6.07, 6.45) is -3.03. The molecule has 0 aliphatic rings. The number of ether oxygens (including phenoxy) is 1. The van der Waals surface area contributed by atoms with Gasteiger partial charge in [-0.3, -0.25) is 4.90 Å². The molecule has 0 aliphatic heterocycles. The zero-order valence-electron chi connectivity index (χ0n) is 13.0. The number of alkyl carbamates (subject to hydrolysis) is 1. The zero-order chi connectivity index (χ0) is 17.4. The third kappa shape index (κ3) is 6.64. The molecule has 8 heteroatoms. The predicted octanol–water partition coefficient (Wildman–Crippen LogP) is 0.345. The second-order valence-corrected chi connectivity index (χ2v) is 5.06. The van der Waals surface area contributed by atoms with Crippen LogP contribution >= 0.6 is 0 Å². The summed E-state index contributed by atoms with van der Waals surface area (Å²) < 4.78 is 4.95. The number of aliphatic carboxylic acids is 1. The minimum Gasteiger partial charge on any atom is -0.480 e. The first-order valence-corrected chi connectivity index (χ1v) is 7.13. The summed E-state index contributed by atoms with van der Waals surface area (Å²) in [4.78, 5) is 24.1. The fraction of sp³-hybridized carbons (Fsp3) is 0.467. The van der Waals surface area contributed by atoms with Crippen molar-refractivity contribution in [3.8, 4) is 0 Å². The average molecular weight is 326 g/mol. The molecule has 8 nitrogen and oxygen atoms in total. The molecule has 0 aliphatic carbocycles. The van der Waals surface area contributed by atoms with Gasteiger partial charge in [0.1, 0.15) is 25.1 Å². The topological polar surface area (TPSA) is 119 Å². The number of carboxylic acids is 1. The molecule has 1 aromatic rings. The Labute approximate surface area is 134 Å². The second-order valence-electron chi connectivity index (χ2n) is 5.06. The predicted molar refractivity (Wildman–Crippen MR) is 81.3 cm³/mol. The number of aliphatic hydroxyl groups is 2. The van der Waals surface area contributed by atoms with E-state index in [1.807, 2.05) is 6.07 Å². The molecule has 0 unspecified atom stereocenters. The van der Waals surface area contributed by atoms with Crippen molar-refractivity contribution in [3.05, 3.63) is 35.9 Å². The Morgan fingerprint density at radius 1 is 1.17 bits per heavy atom. The van der Waals surface area contributed by atoms with E-state index in [0.717, 1.165) is 10.5 Å². The lowest BCUT2D eigenvalue weighted by Gasteiger charge is -2.30. The van der Waals surface area contributed by atoms with Gasteiger partial charge in [-0.25, -0.2) is 9.59 Å². The van der Waals surface area contributed by atoms with Crippen LogP contribution in [0.25, 0.3) is 0 Å². The molecule has 0 heterocycles. The van der Waals surface area contributed by atoms with Gasteiger partial charge < -0.3 is 25.4 Å². The largest absolute Gasteiger partial charge is 0.480 e. The van der Waals surface area contributed by atoms with Gasteiger partial charge in [0.2, 0.25) is 0 Å². The normalized spacial score (nSPS) is 14.8. The fourth-order valence-electron chi connectivity index (χ4n) is 1.92. The Bertz CT molecular complexity index is 498. The molecule has 0 aromatic heterocycles. The highest BCUT2D eigenvalue weighted by Gasteiger charge is 2.27. The Kier molecular flexibility index (Phi) is 7.46. The molecule has 0 bridgehead atoms. The van der Waals surface area contributed by atoms with Gasteiger partial charge in [-0.2, -0.15) is 0 Å². The van der Waals surface area contributed by atoms with Gasteiger partial charge in [0, 0.05) is 6.54 Å². The van der Waals surface area contributed by atoms with Crippen LogP contribution in [0.4, 0.5) is 4.79 Å². The van der Waals surface area contributed by atoms with E-state index in [4.69, 9.17) is 9.84 Å². The molecule has 1 amide bonds. The number of hydrogen-bond donors (Lipinski definition) is 4. The first kappa shape index (κ1) is 18.9. The quantitative estimate of drug-likeness (QED) is 0.509. The van der Waals surface area contributed by atoms with Gasteiger partial charge in [-0.1, -0.05) is 30.3 Å². The second kappa shape index (κ2) is 9.09. The lowest BCUT2D eigenvalue weighted by Crippen LogP contribution is -2.53. The SMILES string of the molecule is C[C@H](O)N(C[C@H](NC(=O)OCc1ccccc1)C(=O)O)[C@H](C)O. The monoisotopic (exact) mass is 326 g/mol. The van der Waals surface area contributed by atoms with Crippen LogP contribution in [0.5, 0.6) is 0 Å². The summed E-state index contributed by atoms with van der Waals surface area (Å²) in [5.41, 5.74) is 0.768. The average Bonchev–Trinajstić information content (AvgIpc) is 2.49. The van der Waals surface area contributed by atoms with Crippen LogP contribution in [0.3, 0.4) is 0 Å². The lowest BCUT2D eigenvalue weighted by atomic mass is 10.2. The van der Waals surface area contributed by atoms with Crippen molar-refractivity contribution in [1.29, 1.82) is 0 Å². The fourth-order valence-corrected chi connectivity index (χ4v) is 1.92. The first-order chi connectivity index (χ1) is 10.8. The number of rotatable bonds is 8. The van der Waals surface area contributed by atoms with Crippen molar-refractivity contribution >= 4 is 12.1 Å². The van der Waals surface area contributed by atoms with Crippen LogP contribution in [-0.2, 0) is 16.1 Å². The number of nitrogens with one attached hydrogen (secondary N) is 1. The Hall–Kier alpha value is -2.16. The number of carbonyl (C=O) groups is 2. The molecule has 0 radical (unpaired) electrons. The number of nitrogens with zero attached hydrogens (tertiary/aromatic N) is 1. The van der Waals surface area contributed by atoms with E-state index in [2.05, 4.69) is 5.32 Å². The van der Waals surface area contributed by atoms with Crippen LogP contribution in [0, 0.1) is 0 Å². The molecule has 128 valence electrons. The van der Waals surface area contributed by atoms with Crippen molar-refractivity contribution < 1.29 is 29.6 Å². The Morgan fingerprint density at radius 2 is 1.74 bits per heavy atom. The van der Waals surface area contributed by atoms with Crippen LogP contribution < -0.4 is 5.32 Å². The number of amides is 1. The van der Waals surface area contributed by atoms with Gasteiger partial charge >= 0.3 is 12.1 Å². The van der Waals surface area contributed by atoms with Crippen molar-refractivity contribution in [2.45, 2.75) is 39.0 Å². The highest BCUT2D eigenvalue weighted by Crippen LogP contribution is 2.05. The molecular formula is C15H22N2O6. The van der Waals surface area contributed by atoms with Crippen LogP contribution in [0.15, 0.2) is 30.3 Å². The maximum atomic E-state index is 11.7. The van der Waals surface area contributed by atoms with E-state index >= 15 is 0 Å². The number of hydrogen-bond acceptors (Lipinski definition) is 6. The van der Waals surface area contributed by atoms with E-state index in [0.29, 0.717) is 0 Å². The molecular weight excluding hydrogens is 304 g/mol. The maximum absolute atomic E-state index is 11.7. The highest BCUT2D eigenvalue weighted by atomic mass is 16.5. The molecule has 3 atom stereocenters. The molecule has 0 fully saturated rings. The van der Waals surface area contributed by atoms with Crippen molar-refractivity contribution in [1.82, 2.24) is 10.2 Å². The minimum absolute atomic E-state index is 0.00946. The van der Waals surface area contributed by atoms with Crippen LogP contribution in [0.1, 0.15) is 19.4 Å². The summed E-state index contributed by atoms with van der Waals surface area (Å²) in [5.74, 6) is -1.30. The first-order valence-electron chi connectivity index (χ1n) is 7.13. The lowest BCUT2D eigenvalue weighted by molar-refractivity contribution is -0.143. The number of carbonyl (C=O) groups excluding carboxylic acids is 1. The van der Waals surface area contributed by atoms with Gasteiger partial charge in [-0.05, 0) is 19.4 Å². The van der Waals surface area contributed by atoms with Gasteiger partial charge in [0.15, 0.2) is 0 Å². The summed E-state index contributed by atoms with van der Waals surface area (Å²) in [7, 11) is 0. The third-order valence-corrected chi connectivity index (χ3v) is 3.16. The number of carboxylic acid groups (broad SMARTS) is 1. The highest BCUT2D eigenvalue weighted by molar-refractivity contribution is 5.80. The van der Waals surface area contributed by atoms with E-state index in [1.54, 1.807) is 24.3 Å². The molecule has 4 N–H and O–H groups in total. The molecule has 0 saturated carbocycles. The summed E-state index contributed by atoms with van der Waals surface area (Å²) in [6.45, 7) is 2.51. The standard InChI is InChI=1S/C15H22N2O6/c1-10(18)17(11(2)19)8-13(14(20)21)16-15(22)23-9-12-6-4-3-5-7-12/h3-7,10-11,13,18-19H,8-9H2,1-2H3,(H,16,22)(H,20,21)/t10-,11-,13-/m0/s1. The van der Waals surface area contributed by atoms with Gasteiger partial charge in [0.25, 0.3) is 0 Å². The summed E-state index contributed by atoms with van der Waals surface area (Å²) in [5, 5.41) is 30.4. The Balaban J connectivity index is 2.57. The van der Waals surface area contributed by atoms with Crippen LogP contribution in [0.2, 0.25) is 0 Å². The Morgan fingerprint density at radius 3 is 2.22 bits per heavy atom. The zero-order valence-corrected chi connectivity index (χ0v) is 13.0. The molecule has 0 spiro atoms. The minimum atomic E-state index is -1.33. The van der Waals surface area contributed by atoms with Crippen molar-refractivity contribution in [3.63, 3.8) is 0 Å². The summed E-state index contributed by atoms with van der Waals surface area (Å²) in [6, 6.07) is 7.61. The smallest absolute Gasteiger partial charge is 0.408 e. The van der Waals surface area contributed by atoms with Crippen molar-refractivity contribution in [2.75, 3.05) is 6.54 Å². The molecule has 1 aromatic carbocycles. The van der Waals surface area contributed by atoms with Gasteiger partial charge in [-0.15, -0.1) is 0 Å². The van der Waals surface area contributed by atoms with E-state index in [1.165, 1.54) is 13.8 Å². The van der Waals surface area contributed by atoms with E-state index < -0.39 is 30.6 Å². The van der Waals surface area contributed by atoms with E-state index in [9.17, 15) is 19.8 Å². The summed E-state index contributed by atoms with van der Waals surface area (Å²) >= 11 is 0. The molecule has 0 saturated heterocycles. The van der Waals surface area contributed by atoms with E-state index in [-0.39, 0.29) is 13.2 Å². The number of aliphatic hydroxyl groups excluding tert-OH is 2. The third-order valence-electron chi connectivity index (χ3n) is 3.16. The van der Waals surface area contributed by atoms with Crippen LogP contribution in [-0.4, -0.2) is 57.3 Å². The van der Waals surface area contributed by atoms with Crippen molar-refractivity contribution in [2.24, 2.45) is 0 Å². The molecule has 23 heavy (non-hydrogen) atoms. The maximum Gasteiger partial charge on any atom is 0.408 e.